The van der Waals surface area contributed by atoms with Crippen molar-refractivity contribution in [3.63, 3.8) is 0 Å². The first-order valence-corrected chi connectivity index (χ1v) is 10.5. The normalized spacial score (nSPS) is 11.1. The average Bonchev–Trinajstić information content (AvgIpc) is 3.17. The van der Waals surface area contributed by atoms with E-state index in [4.69, 9.17) is 0 Å². The van der Waals surface area contributed by atoms with Gasteiger partial charge in [-0.2, -0.15) is 0 Å². The minimum atomic E-state index is 0.0996. The monoisotopic (exact) mass is 377 g/mol. The van der Waals surface area contributed by atoms with Crippen molar-refractivity contribution in [2.45, 2.75) is 31.7 Å². The maximum absolute atomic E-state index is 11.9. The first-order chi connectivity index (χ1) is 11.6. The summed E-state index contributed by atoms with van der Waals surface area (Å²) in [6.07, 6.45) is 3.01. The lowest BCUT2D eigenvalue weighted by molar-refractivity contribution is -0.120. The Morgan fingerprint density at radius 3 is 3.00 bits per heavy atom. The summed E-state index contributed by atoms with van der Waals surface area (Å²) in [5.41, 5.74) is 1.25. The summed E-state index contributed by atoms with van der Waals surface area (Å²) in [6, 6.07) is 4.13. The minimum absolute atomic E-state index is 0.0996. The number of carbonyl (C=O) groups is 1. The molecule has 3 heterocycles. The molecular weight excluding hydrogens is 358 g/mol. The average molecular weight is 378 g/mol. The number of hydrogen-bond acceptors (Lipinski definition) is 6. The zero-order valence-corrected chi connectivity index (χ0v) is 16.1. The fourth-order valence-corrected chi connectivity index (χ4v) is 5.14. The fraction of sp³-hybridized carbons (Fsp3) is 0.353. The van der Waals surface area contributed by atoms with Crippen LogP contribution in [-0.2, 0) is 11.2 Å². The number of aromatic nitrogens is 2. The van der Waals surface area contributed by atoms with Crippen molar-refractivity contribution >= 4 is 50.6 Å². The Balaban J connectivity index is 1.48. The lowest BCUT2D eigenvalue weighted by Gasteiger charge is -2.05. The van der Waals surface area contributed by atoms with Crippen LogP contribution in [0.4, 0.5) is 0 Å². The zero-order chi connectivity index (χ0) is 16.9. The second kappa shape index (κ2) is 8.09. The smallest absolute Gasteiger partial charge is 0.220 e. The van der Waals surface area contributed by atoms with Crippen molar-refractivity contribution in [2.24, 2.45) is 0 Å². The number of nitrogens with zero attached hydrogens (tertiary/aromatic N) is 2. The first kappa shape index (κ1) is 17.4. The highest BCUT2D eigenvalue weighted by Crippen LogP contribution is 2.34. The number of hydrogen-bond donors (Lipinski definition) is 1. The molecule has 1 N–H and O–H groups in total. The van der Waals surface area contributed by atoms with Gasteiger partial charge in [0.05, 0.1) is 0 Å². The number of amides is 1. The van der Waals surface area contributed by atoms with Gasteiger partial charge in [0.15, 0.2) is 0 Å². The molecule has 0 bridgehead atoms. The molecule has 1 amide bonds. The van der Waals surface area contributed by atoms with E-state index >= 15 is 0 Å². The van der Waals surface area contributed by atoms with Gasteiger partial charge >= 0.3 is 0 Å². The van der Waals surface area contributed by atoms with Crippen LogP contribution < -0.4 is 5.32 Å². The Bertz CT molecular complexity index is 827. The fourth-order valence-electron chi connectivity index (χ4n) is 2.37. The quantitative estimate of drug-likeness (QED) is 0.495. The summed E-state index contributed by atoms with van der Waals surface area (Å²) < 4.78 is 0. The van der Waals surface area contributed by atoms with Gasteiger partial charge in [0.25, 0.3) is 0 Å². The molecule has 24 heavy (non-hydrogen) atoms. The topological polar surface area (TPSA) is 54.9 Å². The third-order valence-electron chi connectivity index (χ3n) is 3.77. The molecule has 0 saturated heterocycles. The van der Waals surface area contributed by atoms with Crippen LogP contribution in [0.1, 0.15) is 21.7 Å². The molecule has 0 atom stereocenters. The molecule has 3 aromatic rings. The second-order valence-electron chi connectivity index (χ2n) is 5.42. The summed E-state index contributed by atoms with van der Waals surface area (Å²) in [5, 5.41) is 7.17. The number of thioether (sulfide) groups is 1. The highest BCUT2D eigenvalue weighted by atomic mass is 32.2. The van der Waals surface area contributed by atoms with E-state index in [2.05, 4.69) is 40.6 Å². The standard InChI is InChI=1S/C17H19N3OS3/c1-11-12(2)24-17-15(11)16(19-10-20-17)23-9-6-14(21)18-7-5-13-4-3-8-22-13/h3-4,8,10H,5-7,9H2,1-2H3,(H,18,21). The lowest BCUT2D eigenvalue weighted by Crippen LogP contribution is -2.25. The van der Waals surface area contributed by atoms with Gasteiger partial charge in [-0.3, -0.25) is 4.79 Å². The van der Waals surface area contributed by atoms with E-state index in [-0.39, 0.29) is 5.91 Å². The highest BCUT2D eigenvalue weighted by Gasteiger charge is 2.12. The van der Waals surface area contributed by atoms with E-state index < -0.39 is 0 Å². The summed E-state index contributed by atoms with van der Waals surface area (Å²) in [6.45, 7) is 4.92. The molecule has 0 spiro atoms. The summed E-state index contributed by atoms with van der Waals surface area (Å²) in [7, 11) is 0. The van der Waals surface area contributed by atoms with Gasteiger partial charge in [0.2, 0.25) is 5.91 Å². The summed E-state index contributed by atoms with van der Waals surface area (Å²) >= 11 is 5.06. The van der Waals surface area contributed by atoms with E-state index in [0.29, 0.717) is 13.0 Å². The van der Waals surface area contributed by atoms with Crippen LogP contribution in [0.2, 0.25) is 0 Å². The van der Waals surface area contributed by atoms with Crippen LogP contribution >= 0.6 is 34.4 Å². The van der Waals surface area contributed by atoms with Crippen molar-refractivity contribution in [1.29, 1.82) is 0 Å². The predicted octanol–water partition coefficient (Wildman–Crippen LogP) is 4.21. The third-order valence-corrected chi connectivity index (χ3v) is 6.81. The number of fused-ring (bicyclic) bond motifs is 1. The Hall–Kier alpha value is -1.44. The van der Waals surface area contributed by atoms with E-state index in [9.17, 15) is 4.79 Å². The number of thiophene rings is 2. The molecule has 0 aliphatic rings. The maximum atomic E-state index is 11.9. The largest absolute Gasteiger partial charge is 0.356 e. The van der Waals surface area contributed by atoms with Gasteiger partial charge in [-0.05, 0) is 37.3 Å². The molecule has 126 valence electrons. The van der Waals surface area contributed by atoms with Crippen LogP contribution in [-0.4, -0.2) is 28.2 Å². The first-order valence-electron chi connectivity index (χ1n) is 7.77. The van der Waals surface area contributed by atoms with E-state index in [0.717, 1.165) is 27.4 Å². The molecule has 0 radical (unpaired) electrons. The lowest BCUT2D eigenvalue weighted by atomic mass is 10.2. The molecule has 0 aliphatic carbocycles. The Kier molecular flexibility index (Phi) is 5.86. The molecule has 0 aromatic carbocycles. The zero-order valence-electron chi connectivity index (χ0n) is 13.7. The van der Waals surface area contributed by atoms with Gasteiger partial charge in [-0.1, -0.05) is 6.07 Å². The predicted molar refractivity (Wildman–Crippen MR) is 103 cm³/mol. The van der Waals surface area contributed by atoms with Crippen molar-refractivity contribution < 1.29 is 4.79 Å². The van der Waals surface area contributed by atoms with E-state index in [1.807, 2.05) is 6.07 Å². The SMILES string of the molecule is Cc1sc2ncnc(SCCC(=O)NCCc3cccs3)c2c1C. The van der Waals surface area contributed by atoms with Crippen LogP contribution in [0.5, 0.6) is 0 Å². The molecule has 0 aliphatic heterocycles. The number of aryl methyl sites for hydroxylation is 2. The van der Waals surface area contributed by atoms with Crippen molar-refractivity contribution in [1.82, 2.24) is 15.3 Å². The molecule has 4 nitrogen and oxygen atoms in total. The molecule has 0 unspecified atom stereocenters. The van der Waals surface area contributed by atoms with Crippen LogP contribution in [0, 0.1) is 13.8 Å². The van der Waals surface area contributed by atoms with Gasteiger partial charge in [-0.15, -0.1) is 34.4 Å². The molecule has 7 heteroatoms. The highest BCUT2D eigenvalue weighted by molar-refractivity contribution is 7.99. The van der Waals surface area contributed by atoms with E-state index in [1.54, 1.807) is 40.8 Å². The van der Waals surface area contributed by atoms with Crippen molar-refractivity contribution in [2.75, 3.05) is 12.3 Å². The molecule has 3 rings (SSSR count). The summed E-state index contributed by atoms with van der Waals surface area (Å²) in [4.78, 5) is 24.3. The number of nitrogens with one attached hydrogen (secondary N) is 1. The van der Waals surface area contributed by atoms with Gasteiger partial charge in [-0.25, -0.2) is 9.97 Å². The van der Waals surface area contributed by atoms with Crippen molar-refractivity contribution in [3.8, 4) is 0 Å². The third kappa shape index (κ3) is 4.15. The van der Waals surface area contributed by atoms with Gasteiger partial charge in [0.1, 0.15) is 16.2 Å². The molecule has 3 aromatic heterocycles. The van der Waals surface area contributed by atoms with Gasteiger partial charge < -0.3 is 5.32 Å². The van der Waals surface area contributed by atoms with Crippen LogP contribution in [0.15, 0.2) is 28.9 Å². The second-order valence-corrected chi connectivity index (χ2v) is 8.74. The number of rotatable bonds is 7. The molecule has 0 fully saturated rings. The molecular formula is C17H19N3OS3. The van der Waals surface area contributed by atoms with Crippen LogP contribution in [0.3, 0.4) is 0 Å². The minimum Gasteiger partial charge on any atom is -0.356 e. The Morgan fingerprint density at radius 2 is 2.21 bits per heavy atom. The van der Waals surface area contributed by atoms with Crippen LogP contribution in [0.25, 0.3) is 10.2 Å². The number of carbonyl (C=O) groups excluding carboxylic acids is 1. The van der Waals surface area contributed by atoms with Crippen molar-refractivity contribution in [3.05, 3.63) is 39.2 Å². The Morgan fingerprint density at radius 1 is 1.33 bits per heavy atom. The Labute approximate surface area is 153 Å². The summed E-state index contributed by atoms with van der Waals surface area (Å²) in [5.74, 6) is 0.827. The van der Waals surface area contributed by atoms with E-state index in [1.165, 1.54) is 15.3 Å². The molecule has 0 saturated carbocycles. The van der Waals surface area contributed by atoms with Gasteiger partial charge in [0, 0.05) is 33.9 Å². The maximum Gasteiger partial charge on any atom is 0.220 e.